The molecule has 0 spiro atoms. The number of carbonyl (C=O) groups excluding carboxylic acids is 1. The molecular weight excluding hydrogens is 342 g/mol. The molecule has 0 N–H and O–H groups in total. The average Bonchev–Trinajstić information content (AvgIpc) is 3.09. The predicted molar refractivity (Wildman–Crippen MR) is 102 cm³/mol. The molecule has 0 radical (unpaired) electrons. The third-order valence-corrected chi connectivity index (χ3v) is 4.92. The van der Waals surface area contributed by atoms with Crippen molar-refractivity contribution in [2.75, 3.05) is 26.3 Å². The van der Waals surface area contributed by atoms with Gasteiger partial charge in [-0.25, -0.2) is 0 Å². The quantitative estimate of drug-likeness (QED) is 0.687. The van der Waals surface area contributed by atoms with Crippen LogP contribution >= 0.6 is 0 Å². The molecule has 1 saturated heterocycles. The van der Waals surface area contributed by atoms with Crippen molar-refractivity contribution in [1.82, 2.24) is 24.6 Å². The Bertz CT molecular complexity index is 968. The summed E-state index contributed by atoms with van der Waals surface area (Å²) in [7, 11) is 1.88. The van der Waals surface area contributed by atoms with Gasteiger partial charge < -0.3 is 4.74 Å². The largest absolute Gasteiger partial charge is 0.379 e. The van der Waals surface area contributed by atoms with Gasteiger partial charge in [0.05, 0.1) is 38.1 Å². The average molecular weight is 365 g/mol. The van der Waals surface area contributed by atoms with Crippen LogP contribution in [0.3, 0.4) is 0 Å². The Hall–Kier alpha value is -2.64. The monoisotopic (exact) mass is 365 g/mol. The summed E-state index contributed by atoms with van der Waals surface area (Å²) in [6.07, 6.45) is 7.66. The number of carbonyl (C=O) groups is 1. The van der Waals surface area contributed by atoms with Crippen LogP contribution < -0.4 is 0 Å². The number of nitrogens with zero attached hydrogens (tertiary/aromatic N) is 5. The first-order valence-electron chi connectivity index (χ1n) is 9.16. The second-order valence-corrected chi connectivity index (χ2v) is 7.10. The second kappa shape index (κ2) is 7.54. The maximum absolute atomic E-state index is 12.5. The minimum Gasteiger partial charge on any atom is -0.379 e. The summed E-state index contributed by atoms with van der Waals surface area (Å²) in [6.45, 7) is 4.72. The van der Waals surface area contributed by atoms with Gasteiger partial charge in [0.1, 0.15) is 0 Å². The van der Waals surface area contributed by atoms with Gasteiger partial charge >= 0.3 is 0 Å². The maximum Gasteiger partial charge on any atom is 0.152 e. The van der Waals surface area contributed by atoms with Gasteiger partial charge in [0, 0.05) is 54.9 Å². The first-order valence-corrected chi connectivity index (χ1v) is 9.16. The predicted octanol–water partition coefficient (Wildman–Crippen LogP) is 1.86. The molecule has 4 heterocycles. The topological polar surface area (TPSA) is 73.1 Å². The lowest BCUT2D eigenvalue weighted by molar-refractivity contribution is -0.121. The van der Waals surface area contributed by atoms with Crippen molar-refractivity contribution in [3.05, 3.63) is 42.6 Å². The van der Waals surface area contributed by atoms with Crippen LogP contribution in [0.4, 0.5) is 0 Å². The van der Waals surface area contributed by atoms with Crippen LogP contribution in [0.25, 0.3) is 22.0 Å². The zero-order chi connectivity index (χ0) is 18.8. The van der Waals surface area contributed by atoms with Crippen LogP contribution in [0.5, 0.6) is 0 Å². The summed E-state index contributed by atoms with van der Waals surface area (Å²) in [5.74, 6) is 0.178. The van der Waals surface area contributed by atoms with Crippen LogP contribution in [0, 0.1) is 0 Å². The Labute approximate surface area is 158 Å². The molecule has 0 saturated carbocycles. The zero-order valence-corrected chi connectivity index (χ0v) is 15.6. The van der Waals surface area contributed by atoms with Crippen molar-refractivity contribution in [3.63, 3.8) is 0 Å². The van der Waals surface area contributed by atoms with E-state index in [0.717, 1.165) is 34.3 Å². The van der Waals surface area contributed by atoms with Crippen molar-refractivity contribution >= 4 is 16.6 Å². The number of aromatic nitrogens is 4. The van der Waals surface area contributed by atoms with E-state index in [9.17, 15) is 4.79 Å². The first-order chi connectivity index (χ1) is 13.1. The van der Waals surface area contributed by atoms with Crippen molar-refractivity contribution in [3.8, 4) is 11.3 Å². The summed E-state index contributed by atoms with van der Waals surface area (Å²) in [5, 5.41) is 6.19. The number of ether oxygens (including phenoxy) is 1. The molecule has 3 aromatic rings. The van der Waals surface area contributed by atoms with E-state index in [4.69, 9.17) is 4.74 Å². The third kappa shape index (κ3) is 4.04. The molecule has 1 fully saturated rings. The number of hydrogen-bond donors (Lipinski definition) is 0. The lowest BCUT2D eigenvalue weighted by Crippen LogP contribution is -2.46. The highest BCUT2D eigenvalue weighted by Crippen LogP contribution is 2.21. The van der Waals surface area contributed by atoms with E-state index in [0.29, 0.717) is 26.2 Å². The highest BCUT2D eigenvalue weighted by Gasteiger charge is 2.21. The molecule has 4 rings (SSSR count). The first kappa shape index (κ1) is 17.8. The summed E-state index contributed by atoms with van der Waals surface area (Å²) in [5.41, 5.74) is 2.62. The minimum atomic E-state index is 0.178. The number of ketones is 1. The molecule has 0 aliphatic carbocycles. The Morgan fingerprint density at radius 1 is 1.22 bits per heavy atom. The molecule has 27 heavy (non-hydrogen) atoms. The number of rotatable bonds is 5. The van der Waals surface area contributed by atoms with E-state index >= 15 is 0 Å². The van der Waals surface area contributed by atoms with Crippen LogP contribution in [-0.4, -0.2) is 62.8 Å². The van der Waals surface area contributed by atoms with Crippen LogP contribution in [-0.2, 0) is 23.0 Å². The number of pyridine rings is 2. The van der Waals surface area contributed by atoms with Gasteiger partial charge in [-0.05, 0) is 24.4 Å². The van der Waals surface area contributed by atoms with Crippen molar-refractivity contribution < 1.29 is 9.53 Å². The van der Waals surface area contributed by atoms with Gasteiger partial charge in [-0.15, -0.1) is 0 Å². The normalized spacial score (nSPS) is 18.1. The molecular formula is C20H23N5O2. The van der Waals surface area contributed by atoms with E-state index in [1.807, 2.05) is 31.6 Å². The van der Waals surface area contributed by atoms with Crippen LogP contribution in [0.2, 0.25) is 0 Å². The highest BCUT2D eigenvalue weighted by molar-refractivity contribution is 5.87. The summed E-state index contributed by atoms with van der Waals surface area (Å²) in [6, 6.07) is 4.28. The Balaban J connectivity index is 1.51. The highest BCUT2D eigenvalue weighted by atomic mass is 16.5. The molecule has 1 aliphatic heterocycles. The van der Waals surface area contributed by atoms with Gasteiger partial charge in [0.25, 0.3) is 0 Å². The van der Waals surface area contributed by atoms with E-state index in [-0.39, 0.29) is 11.8 Å². The van der Waals surface area contributed by atoms with Gasteiger partial charge in [0.15, 0.2) is 5.78 Å². The van der Waals surface area contributed by atoms with Crippen molar-refractivity contribution in [1.29, 1.82) is 0 Å². The molecule has 0 aromatic carbocycles. The molecule has 0 bridgehead atoms. The summed E-state index contributed by atoms with van der Waals surface area (Å²) < 4.78 is 7.19. The Kier molecular flexibility index (Phi) is 4.96. The molecule has 1 aliphatic rings. The SMILES string of the molecule is C[C@H]1COCCN1CC(=O)Cc1cc2cc(-c3cnn(C)c3)ncc2cn1. The molecule has 1 atom stereocenters. The molecule has 3 aromatic heterocycles. The van der Waals surface area contributed by atoms with Crippen molar-refractivity contribution in [2.24, 2.45) is 7.05 Å². The molecule has 7 nitrogen and oxygen atoms in total. The van der Waals surface area contributed by atoms with Crippen molar-refractivity contribution in [2.45, 2.75) is 19.4 Å². The maximum atomic E-state index is 12.5. The zero-order valence-electron chi connectivity index (χ0n) is 15.6. The fourth-order valence-electron chi connectivity index (χ4n) is 3.37. The van der Waals surface area contributed by atoms with Crippen LogP contribution in [0.1, 0.15) is 12.6 Å². The number of aryl methyl sites for hydroxylation is 1. The van der Waals surface area contributed by atoms with Gasteiger partial charge in [-0.3, -0.25) is 24.3 Å². The number of morpholine rings is 1. The van der Waals surface area contributed by atoms with E-state index < -0.39 is 0 Å². The smallest absolute Gasteiger partial charge is 0.152 e. The Morgan fingerprint density at radius 3 is 2.85 bits per heavy atom. The lowest BCUT2D eigenvalue weighted by atomic mass is 10.1. The fourth-order valence-corrected chi connectivity index (χ4v) is 3.37. The number of hydrogen-bond acceptors (Lipinski definition) is 6. The second-order valence-electron chi connectivity index (χ2n) is 7.10. The molecule has 0 unspecified atom stereocenters. The van der Waals surface area contributed by atoms with Gasteiger partial charge in [-0.1, -0.05) is 0 Å². The number of fused-ring (bicyclic) bond motifs is 1. The molecule has 0 amide bonds. The van der Waals surface area contributed by atoms with E-state index in [1.165, 1.54) is 0 Å². The molecule has 7 heteroatoms. The van der Waals surface area contributed by atoms with Gasteiger partial charge in [-0.2, -0.15) is 5.10 Å². The fraction of sp³-hybridized carbons (Fsp3) is 0.400. The third-order valence-electron chi connectivity index (χ3n) is 4.92. The van der Waals surface area contributed by atoms with Gasteiger partial charge in [0.2, 0.25) is 0 Å². The summed E-state index contributed by atoms with van der Waals surface area (Å²) >= 11 is 0. The van der Waals surface area contributed by atoms with E-state index in [1.54, 1.807) is 17.1 Å². The van der Waals surface area contributed by atoms with E-state index in [2.05, 4.69) is 26.9 Å². The lowest BCUT2D eigenvalue weighted by Gasteiger charge is -2.32. The standard InChI is InChI=1S/C20H23N5O2/c1-14-13-27-4-3-25(14)12-19(26)7-18-5-15-6-20(17-10-23-24(2)11-17)22-9-16(15)8-21-18/h5-6,8-11,14H,3-4,7,12-13H2,1-2H3/t14-/m0/s1. The number of Topliss-reactive ketones (excluding diaryl/α,β-unsaturated/α-hetero) is 1. The molecule has 140 valence electrons. The minimum absolute atomic E-state index is 0.178. The Morgan fingerprint density at radius 2 is 2.07 bits per heavy atom. The van der Waals surface area contributed by atoms with Crippen LogP contribution in [0.15, 0.2) is 36.9 Å². The summed E-state index contributed by atoms with van der Waals surface area (Å²) in [4.78, 5) is 23.6.